The average molecular weight is 280 g/mol. The van der Waals surface area contributed by atoms with Gasteiger partial charge >= 0.3 is 0 Å². The summed E-state index contributed by atoms with van der Waals surface area (Å²) >= 11 is 4.70. The number of ether oxygens (including phenoxy) is 1. The highest BCUT2D eigenvalue weighted by molar-refractivity contribution is 7.80. The van der Waals surface area contributed by atoms with E-state index in [0.717, 1.165) is 31.6 Å². The topological polar surface area (TPSA) is 64.6 Å². The van der Waals surface area contributed by atoms with Crippen molar-refractivity contribution >= 4 is 23.5 Å². The molecule has 1 aromatic rings. The Morgan fingerprint density at radius 3 is 3.11 bits per heavy atom. The molecule has 0 amide bonds. The van der Waals surface area contributed by atoms with E-state index in [-0.39, 0.29) is 5.11 Å². The standard InChI is InChI=1S/C13H20N4OS/c1-9-6-11(7-15-16-13(14)19)10(2)17(9)8-12-4-3-5-18-12/h6-7,12H,3-5,8H2,1-2H3,(H3,14,16,19)/b15-7-/t12-/m0/s1. The lowest BCUT2D eigenvalue weighted by molar-refractivity contribution is 0.0962. The van der Waals surface area contributed by atoms with Crippen LogP contribution in [0.4, 0.5) is 0 Å². The zero-order chi connectivity index (χ0) is 13.8. The monoisotopic (exact) mass is 280 g/mol. The summed E-state index contributed by atoms with van der Waals surface area (Å²) in [6, 6.07) is 2.11. The first-order valence-corrected chi connectivity index (χ1v) is 6.85. The summed E-state index contributed by atoms with van der Waals surface area (Å²) in [6.45, 7) is 5.98. The van der Waals surface area contributed by atoms with Crippen LogP contribution in [0.1, 0.15) is 29.8 Å². The molecule has 6 heteroatoms. The lowest BCUT2D eigenvalue weighted by atomic mass is 10.2. The molecule has 0 spiro atoms. The highest BCUT2D eigenvalue weighted by Crippen LogP contribution is 2.19. The van der Waals surface area contributed by atoms with Gasteiger partial charge in [0.05, 0.1) is 12.3 Å². The van der Waals surface area contributed by atoms with Crippen molar-refractivity contribution in [2.24, 2.45) is 10.8 Å². The second-order valence-corrected chi connectivity index (χ2v) is 5.25. The highest BCUT2D eigenvalue weighted by atomic mass is 32.1. The minimum absolute atomic E-state index is 0.171. The number of nitrogens with zero attached hydrogens (tertiary/aromatic N) is 2. The summed E-state index contributed by atoms with van der Waals surface area (Å²) in [4.78, 5) is 0. The van der Waals surface area contributed by atoms with Crippen LogP contribution < -0.4 is 11.2 Å². The van der Waals surface area contributed by atoms with Gasteiger partial charge in [0.2, 0.25) is 0 Å². The fourth-order valence-electron chi connectivity index (χ4n) is 2.40. The van der Waals surface area contributed by atoms with Crippen molar-refractivity contribution < 1.29 is 4.74 Å². The van der Waals surface area contributed by atoms with Gasteiger partial charge in [-0.3, -0.25) is 5.43 Å². The molecule has 1 atom stereocenters. The number of aryl methyl sites for hydroxylation is 1. The number of nitrogens with two attached hydrogens (primary N) is 1. The second kappa shape index (κ2) is 6.16. The van der Waals surface area contributed by atoms with Crippen LogP contribution in [-0.2, 0) is 11.3 Å². The van der Waals surface area contributed by atoms with Gasteiger partial charge in [-0.15, -0.1) is 0 Å². The largest absolute Gasteiger partial charge is 0.376 e. The van der Waals surface area contributed by atoms with E-state index < -0.39 is 0 Å². The molecule has 104 valence electrons. The van der Waals surface area contributed by atoms with Crippen molar-refractivity contribution in [3.05, 3.63) is 23.0 Å². The van der Waals surface area contributed by atoms with Gasteiger partial charge < -0.3 is 15.0 Å². The third-order valence-corrected chi connectivity index (χ3v) is 3.49. The molecule has 1 saturated heterocycles. The molecule has 3 N–H and O–H groups in total. The van der Waals surface area contributed by atoms with E-state index in [9.17, 15) is 0 Å². The first kappa shape index (κ1) is 14.0. The van der Waals surface area contributed by atoms with Crippen LogP contribution in [0.15, 0.2) is 11.2 Å². The fraction of sp³-hybridized carbons (Fsp3) is 0.538. The Kier molecular flexibility index (Phi) is 4.55. The number of nitrogens with one attached hydrogen (secondary N) is 1. The molecule has 5 nitrogen and oxygen atoms in total. The smallest absolute Gasteiger partial charge is 0.184 e. The molecule has 2 heterocycles. The summed E-state index contributed by atoms with van der Waals surface area (Å²) in [6.07, 6.45) is 4.39. The van der Waals surface area contributed by atoms with E-state index in [1.54, 1.807) is 6.21 Å². The Hall–Kier alpha value is -1.40. The van der Waals surface area contributed by atoms with Crippen molar-refractivity contribution in [1.29, 1.82) is 0 Å². The Bertz CT molecular complexity index is 489. The molecule has 1 fully saturated rings. The third kappa shape index (κ3) is 3.54. The fourth-order valence-corrected chi connectivity index (χ4v) is 2.45. The first-order valence-electron chi connectivity index (χ1n) is 6.44. The molecule has 0 aliphatic carbocycles. The SMILES string of the molecule is Cc1cc(/C=N\NC(N)=S)c(C)n1C[C@@H]1CCCO1. The second-order valence-electron chi connectivity index (χ2n) is 4.81. The summed E-state index contributed by atoms with van der Waals surface area (Å²) in [7, 11) is 0. The van der Waals surface area contributed by atoms with Crippen LogP contribution in [-0.4, -0.2) is 28.6 Å². The third-order valence-electron chi connectivity index (χ3n) is 3.40. The molecular formula is C13H20N4OS. The predicted molar refractivity (Wildman–Crippen MR) is 80.4 cm³/mol. The van der Waals surface area contributed by atoms with Crippen LogP contribution in [0.5, 0.6) is 0 Å². The van der Waals surface area contributed by atoms with Crippen LogP contribution >= 0.6 is 12.2 Å². The molecule has 0 unspecified atom stereocenters. The van der Waals surface area contributed by atoms with Crippen molar-refractivity contribution in [3.63, 3.8) is 0 Å². The lowest BCUT2D eigenvalue weighted by Gasteiger charge is -2.14. The van der Waals surface area contributed by atoms with E-state index in [0.29, 0.717) is 6.10 Å². The maximum absolute atomic E-state index is 5.69. The Morgan fingerprint density at radius 1 is 1.68 bits per heavy atom. The highest BCUT2D eigenvalue weighted by Gasteiger charge is 2.18. The van der Waals surface area contributed by atoms with Gasteiger partial charge in [-0.2, -0.15) is 5.10 Å². The summed E-state index contributed by atoms with van der Waals surface area (Å²) < 4.78 is 7.96. The minimum Gasteiger partial charge on any atom is -0.376 e. The number of hydrogen-bond donors (Lipinski definition) is 2. The van der Waals surface area contributed by atoms with Gasteiger partial charge in [0, 0.05) is 30.1 Å². The number of thiocarbonyl (C=S) groups is 1. The maximum Gasteiger partial charge on any atom is 0.184 e. The molecular weight excluding hydrogens is 260 g/mol. The molecule has 0 saturated carbocycles. The van der Waals surface area contributed by atoms with Crippen LogP contribution in [0.3, 0.4) is 0 Å². The van der Waals surface area contributed by atoms with E-state index in [1.165, 1.54) is 11.4 Å². The molecule has 1 aliphatic heterocycles. The van der Waals surface area contributed by atoms with E-state index >= 15 is 0 Å². The van der Waals surface area contributed by atoms with Crippen LogP contribution in [0.2, 0.25) is 0 Å². The molecule has 0 aromatic carbocycles. The van der Waals surface area contributed by atoms with Gasteiger partial charge in [0.25, 0.3) is 0 Å². The Balaban J connectivity index is 2.09. The van der Waals surface area contributed by atoms with Gasteiger partial charge in [0.15, 0.2) is 5.11 Å². The maximum atomic E-state index is 5.69. The molecule has 0 bridgehead atoms. The van der Waals surface area contributed by atoms with Gasteiger partial charge in [0.1, 0.15) is 0 Å². The van der Waals surface area contributed by atoms with Crippen molar-refractivity contribution in [2.75, 3.05) is 6.61 Å². The van der Waals surface area contributed by atoms with Crippen molar-refractivity contribution in [1.82, 2.24) is 9.99 Å². The normalized spacial score (nSPS) is 19.2. The predicted octanol–water partition coefficient (Wildman–Crippen LogP) is 1.45. The van der Waals surface area contributed by atoms with Crippen molar-refractivity contribution in [3.8, 4) is 0 Å². The number of hydrogen-bond acceptors (Lipinski definition) is 3. The van der Waals surface area contributed by atoms with Crippen molar-refractivity contribution in [2.45, 2.75) is 39.3 Å². The van der Waals surface area contributed by atoms with Crippen LogP contribution in [0.25, 0.3) is 0 Å². The molecule has 2 rings (SSSR count). The average Bonchev–Trinajstić information content (AvgIpc) is 2.93. The Labute approximate surface area is 118 Å². The molecule has 1 aromatic heterocycles. The zero-order valence-electron chi connectivity index (χ0n) is 11.3. The minimum atomic E-state index is 0.171. The van der Waals surface area contributed by atoms with Crippen LogP contribution in [0, 0.1) is 13.8 Å². The number of aromatic nitrogens is 1. The summed E-state index contributed by atoms with van der Waals surface area (Å²) in [5.74, 6) is 0. The summed E-state index contributed by atoms with van der Waals surface area (Å²) in [5.41, 5.74) is 11.4. The Morgan fingerprint density at radius 2 is 2.47 bits per heavy atom. The quantitative estimate of drug-likeness (QED) is 0.498. The zero-order valence-corrected chi connectivity index (χ0v) is 12.2. The van der Waals surface area contributed by atoms with E-state index in [4.69, 9.17) is 22.7 Å². The number of rotatable bonds is 4. The van der Waals surface area contributed by atoms with Gasteiger partial charge in [-0.25, -0.2) is 0 Å². The molecule has 1 aliphatic rings. The van der Waals surface area contributed by atoms with Gasteiger partial charge in [-0.1, -0.05) is 0 Å². The van der Waals surface area contributed by atoms with E-state index in [2.05, 4.69) is 35.0 Å². The first-order chi connectivity index (χ1) is 9.08. The summed E-state index contributed by atoms with van der Waals surface area (Å²) in [5, 5.41) is 4.17. The molecule has 19 heavy (non-hydrogen) atoms. The molecule has 0 radical (unpaired) electrons. The number of hydrazone groups is 1. The van der Waals surface area contributed by atoms with Gasteiger partial charge in [-0.05, 0) is 45.0 Å². The van der Waals surface area contributed by atoms with E-state index in [1.807, 2.05) is 0 Å². The lowest BCUT2D eigenvalue weighted by Crippen LogP contribution is -2.24.